The van der Waals surface area contributed by atoms with Gasteiger partial charge in [-0.25, -0.2) is 0 Å². The quantitative estimate of drug-likeness (QED) is 0.0961. The number of carbonyl (C=O) groups excluding carboxylic acids is 1. The molecule has 0 aromatic rings. The Labute approximate surface area is 175 Å². The lowest BCUT2D eigenvalue weighted by Gasteiger charge is -2.32. The van der Waals surface area contributed by atoms with E-state index < -0.39 is 0 Å². The second-order valence-corrected chi connectivity index (χ2v) is 9.29. The van der Waals surface area contributed by atoms with Gasteiger partial charge in [-0.2, -0.15) is 0 Å². The third kappa shape index (κ3) is 16.3. The molecule has 0 heterocycles. The van der Waals surface area contributed by atoms with E-state index in [9.17, 15) is 4.79 Å². The predicted octanol–water partition coefficient (Wildman–Crippen LogP) is 7.30. The van der Waals surface area contributed by atoms with E-state index in [1.807, 2.05) is 0 Å². The summed E-state index contributed by atoms with van der Waals surface area (Å²) in [7, 11) is 6.28. The molecule has 0 rings (SSSR count). The molecule has 27 heavy (non-hydrogen) atoms. The zero-order valence-electron chi connectivity index (χ0n) is 18.8. The number of likely N-dealkylation sites (N-methyl/N-ethyl adjacent to an activating group) is 1. The van der Waals surface area contributed by atoms with E-state index in [1.54, 1.807) is 0 Å². The van der Waals surface area contributed by atoms with Gasteiger partial charge in [-0.15, -0.1) is 11.6 Å². The number of Topliss-reactive ketones (excluding diaryl/α,β-unsaturated/α-hetero) is 1. The van der Waals surface area contributed by atoms with Crippen LogP contribution in [0.4, 0.5) is 0 Å². The third-order valence-electron chi connectivity index (χ3n) is 5.37. The van der Waals surface area contributed by atoms with Crippen LogP contribution in [0, 0.1) is 0 Å². The summed E-state index contributed by atoms with van der Waals surface area (Å²) < 4.78 is 0.691. The molecule has 0 aliphatic rings. The smallest absolute Gasteiger partial charge is 0.189 e. The number of quaternary nitrogens is 1. The fourth-order valence-corrected chi connectivity index (χ4v) is 3.83. The predicted molar refractivity (Wildman–Crippen MR) is 122 cm³/mol. The number of halogens is 1. The molecule has 0 bridgehead atoms. The van der Waals surface area contributed by atoms with Crippen LogP contribution in [-0.2, 0) is 4.79 Å². The average Bonchev–Trinajstić information content (AvgIpc) is 2.61. The van der Waals surface area contributed by atoms with E-state index in [0.29, 0.717) is 16.1 Å². The van der Waals surface area contributed by atoms with Crippen LogP contribution < -0.4 is 0 Å². The number of nitrogens with zero attached hydrogens (tertiary/aromatic N) is 1. The lowest BCUT2D eigenvalue weighted by molar-refractivity contribution is -0.886. The van der Waals surface area contributed by atoms with E-state index >= 15 is 0 Å². The van der Waals surface area contributed by atoms with Crippen molar-refractivity contribution in [2.24, 2.45) is 0 Å². The van der Waals surface area contributed by atoms with E-state index in [0.717, 1.165) is 19.3 Å². The molecule has 0 aliphatic carbocycles. The molecule has 0 saturated carbocycles. The Hall–Kier alpha value is -0.340. The first-order chi connectivity index (χ1) is 12.9. The topological polar surface area (TPSA) is 17.1 Å². The first-order valence-electron chi connectivity index (χ1n) is 11.5. The number of ketones is 1. The summed E-state index contributed by atoms with van der Waals surface area (Å²) in [5.41, 5.74) is 0. The Morgan fingerprint density at radius 2 is 1.30 bits per heavy atom. The van der Waals surface area contributed by atoms with Crippen molar-refractivity contribution < 1.29 is 9.28 Å². The van der Waals surface area contributed by atoms with Crippen molar-refractivity contribution in [1.82, 2.24) is 0 Å². The molecule has 2 nitrogen and oxygen atoms in total. The average molecular weight is 401 g/mol. The number of carbonyl (C=O) groups is 1. The van der Waals surface area contributed by atoms with Crippen molar-refractivity contribution >= 4 is 17.4 Å². The number of alkyl halides is 1. The van der Waals surface area contributed by atoms with Gasteiger partial charge in [-0.3, -0.25) is 4.79 Å². The Bertz CT molecular complexity index is 373. The van der Waals surface area contributed by atoms with E-state index in [1.165, 1.54) is 77.0 Å². The normalized spacial score (nSPS) is 13.4. The molecule has 0 saturated heterocycles. The van der Waals surface area contributed by atoms with Gasteiger partial charge in [0.2, 0.25) is 0 Å². The Morgan fingerprint density at radius 3 is 1.78 bits per heavy atom. The molecule has 3 heteroatoms. The van der Waals surface area contributed by atoms with Crippen molar-refractivity contribution in [3.05, 3.63) is 12.2 Å². The molecule has 0 spiro atoms. The Balaban J connectivity index is 3.53. The summed E-state index contributed by atoms with van der Waals surface area (Å²) in [5, 5.41) is 0. The summed E-state index contributed by atoms with van der Waals surface area (Å²) in [5.74, 6) is 0.957. The Kier molecular flexibility index (Phi) is 17.5. The van der Waals surface area contributed by atoms with Gasteiger partial charge in [0.15, 0.2) is 5.78 Å². The van der Waals surface area contributed by atoms with Crippen LogP contribution in [0.2, 0.25) is 0 Å². The monoisotopic (exact) mass is 400 g/mol. The van der Waals surface area contributed by atoms with Gasteiger partial charge in [0, 0.05) is 18.7 Å². The van der Waals surface area contributed by atoms with E-state index in [2.05, 4.69) is 40.2 Å². The highest BCUT2D eigenvalue weighted by Crippen LogP contribution is 2.15. The van der Waals surface area contributed by atoms with Gasteiger partial charge in [0.1, 0.15) is 6.04 Å². The van der Waals surface area contributed by atoms with Crippen molar-refractivity contribution in [2.45, 2.75) is 109 Å². The molecular formula is C24H47ClNO+. The zero-order chi connectivity index (χ0) is 20.4. The first-order valence-corrected chi connectivity index (χ1v) is 12.0. The lowest BCUT2D eigenvalue weighted by Crippen LogP contribution is -2.50. The number of unbranched alkanes of at least 4 members (excludes halogenated alkanes) is 11. The summed E-state index contributed by atoms with van der Waals surface area (Å²) in [6.07, 6.45) is 23.1. The minimum absolute atomic E-state index is 0.0549. The highest BCUT2D eigenvalue weighted by atomic mass is 35.5. The van der Waals surface area contributed by atoms with Crippen molar-refractivity contribution in [1.29, 1.82) is 0 Å². The molecular weight excluding hydrogens is 354 g/mol. The van der Waals surface area contributed by atoms with Crippen molar-refractivity contribution in [2.75, 3.05) is 27.0 Å². The maximum absolute atomic E-state index is 12.4. The maximum atomic E-state index is 12.4. The SMILES string of the molecule is CCCCCCCC/C=C\CCCCCCCC(=O)C(CCCl)[N+](C)(C)C. The molecule has 0 aromatic carbocycles. The van der Waals surface area contributed by atoms with Gasteiger partial charge in [0.05, 0.1) is 21.1 Å². The molecule has 1 atom stereocenters. The highest BCUT2D eigenvalue weighted by Gasteiger charge is 2.29. The summed E-state index contributed by atoms with van der Waals surface area (Å²) in [6, 6.07) is 0.0549. The summed E-state index contributed by atoms with van der Waals surface area (Å²) in [6.45, 7) is 2.27. The lowest BCUT2D eigenvalue weighted by atomic mass is 10.0. The summed E-state index contributed by atoms with van der Waals surface area (Å²) >= 11 is 5.88. The highest BCUT2D eigenvalue weighted by molar-refractivity contribution is 6.18. The van der Waals surface area contributed by atoms with Crippen LogP contribution >= 0.6 is 11.6 Å². The molecule has 0 N–H and O–H groups in total. The van der Waals surface area contributed by atoms with Gasteiger partial charge >= 0.3 is 0 Å². The van der Waals surface area contributed by atoms with Crippen LogP contribution in [0.25, 0.3) is 0 Å². The molecule has 0 aliphatic heterocycles. The van der Waals surface area contributed by atoms with Gasteiger partial charge in [-0.05, 0) is 32.1 Å². The molecule has 0 amide bonds. The molecule has 160 valence electrons. The van der Waals surface area contributed by atoms with Crippen LogP contribution in [0.1, 0.15) is 103 Å². The number of rotatable bonds is 19. The third-order valence-corrected chi connectivity index (χ3v) is 5.59. The van der Waals surface area contributed by atoms with E-state index in [-0.39, 0.29) is 6.04 Å². The zero-order valence-corrected chi connectivity index (χ0v) is 19.5. The van der Waals surface area contributed by atoms with Crippen LogP contribution in [-0.4, -0.2) is 43.3 Å². The van der Waals surface area contributed by atoms with Crippen molar-refractivity contribution in [3.63, 3.8) is 0 Å². The van der Waals surface area contributed by atoms with E-state index in [4.69, 9.17) is 11.6 Å². The molecule has 0 aromatic heterocycles. The van der Waals surface area contributed by atoms with Gasteiger partial charge in [0.25, 0.3) is 0 Å². The fraction of sp³-hybridized carbons (Fsp3) is 0.875. The van der Waals surface area contributed by atoms with Crippen molar-refractivity contribution in [3.8, 4) is 0 Å². The maximum Gasteiger partial charge on any atom is 0.189 e. The van der Waals surface area contributed by atoms with Crippen LogP contribution in [0.5, 0.6) is 0 Å². The number of hydrogen-bond acceptors (Lipinski definition) is 1. The molecule has 1 unspecified atom stereocenters. The van der Waals surface area contributed by atoms with Crippen LogP contribution in [0.3, 0.4) is 0 Å². The van der Waals surface area contributed by atoms with Gasteiger partial charge < -0.3 is 4.48 Å². The largest absolute Gasteiger partial charge is 0.322 e. The Morgan fingerprint density at radius 1 is 0.815 bits per heavy atom. The second-order valence-electron chi connectivity index (χ2n) is 8.91. The first kappa shape index (κ1) is 26.7. The number of hydrogen-bond donors (Lipinski definition) is 0. The standard InChI is InChI=1S/C24H47ClNO/c1-5-6-7-8-9-10-11-12-13-14-15-16-17-18-19-20-24(27)23(21-22-25)26(2,3)4/h12-13,23H,5-11,14-22H2,1-4H3/q+1/b13-12-. The minimum Gasteiger partial charge on any atom is -0.322 e. The number of allylic oxidation sites excluding steroid dienone is 2. The second kappa shape index (κ2) is 17.7. The molecule has 0 radical (unpaired) electrons. The fourth-order valence-electron chi connectivity index (χ4n) is 3.62. The van der Waals surface area contributed by atoms with Gasteiger partial charge in [-0.1, -0.05) is 70.4 Å². The molecule has 0 fully saturated rings. The summed E-state index contributed by atoms with van der Waals surface area (Å²) in [4.78, 5) is 12.4. The minimum atomic E-state index is 0.0549. The van der Waals surface area contributed by atoms with Crippen LogP contribution in [0.15, 0.2) is 12.2 Å².